The summed E-state index contributed by atoms with van der Waals surface area (Å²) in [4.78, 5) is 4.48. The highest BCUT2D eigenvalue weighted by molar-refractivity contribution is 7.25. The molecule has 0 saturated heterocycles. The van der Waals surface area contributed by atoms with E-state index in [9.17, 15) is 0 Å². The molecule has 0 atom stereocenters. The lowest BCUT2D eigenvalue weighted by molar-refractivity contribution is 1.17. The van der Waals surface area contributed by atoms with Gasteiger partial charge in [-0.25, -0.2) is 0 Å². The minimum atomic E-state index is 1.13. The summed E-state index contributed by atoms with van der Waals surface area (Å²) in [5.74, 6) is 0. The quantitative estimate of drug-likeness (QED) is 0.200. The maximum absolute atomic E-state index is 4.48. The lowest BCUT2D eigenvalue weighted by Crippen LogP contribution is -1.94. The van der Waals surface area contributed by atoms with Gasteiger partial charge in [-0.1, -0.05) is 72.8 Å². The summed E-state index contributed by atoms with van der Waals surface area (Å²) in [6.45, 7) is 0. The fourth-order valence-corrected chi connectivity index (χ4v) is 8.27. The number of thiophene rings is 1. The minimum Gasteiger partial charge on any atom is -0.309 e. The molecule has 0 aliphatic heterocycles. The van der Waals surface area contributed by atoms with Gasteiger partial charge in [0.15, 0.2) is 0 Å². The Kier molecular flexibility index (Phi) is 5.16. The number of benzene rings is 6. The third kappa shape index (κ3) is 3.60. The molecule has 0 bridgehead atoms. The van der Waals surface area contributed by atoms with Crippen LogP contribution in [0.15, 0.2) is 152 Å². The van der Waals surface area contributed by atoms with Gasteiger partial charge >= 0.3 is 0 Å². The van der Waals surface area contributed by atoms with Crippen LogP contribution in [0.2, 0.25) is 0 Å². The van der Waals surface area contributed by atoms with Crippen LogP contribution in [0.4, 0.5) is 0 Å². The first kappa shape index (κ1) is 24.7. The van der Waals surface area contributed by atoms with E-state index >= 15 is 0 Å². The number of hydrogen-bond acceptors (Lipinski definition) is 2. The van der Waals surface area contributed by atoms with Crippen molar-refractivity contribution in [1.82, 2.24) is 14.1 Å². The van der Waals surface area contributed by atoms with E-state index in [0.29, 0.717) is 0 Å². The molecule has 6 aromatic carbocycles. The van der Waals surface area contributed by atoms with Gasteiger partial charge in [-0.2, -0.15) is 0 Å². The molecule has 45 heavy (non-hydrogen) atoms. The first-order valence-electron chi connectivity index (χ1n) is 15.2. The van der Waals surface area contributed by atoms with Crippen molar-refractivity contribution in [3.8, 4) is 22.5 Å². The average Bonchev–Trinajstić information content (AvgIpc) is 3.75. The normalized spacial score (nSPS) is 12.0. The maximum Gasteiger partial charge on any atom is 0.0724 e. The largest absolute Gasteiger partial charge is 0.309 e. The van der Waals surface area contributed by atoms with Crippen LogP contribution in [-0.2, 0) is 0 Å². The summed E-state index contributed by atoms with van der Waals surface area (Å²) in [6.07, 6.45) is 3.86. The zero-order valence-corrected chi connectivity index (χ0v) is 25.0. The third-order valence-electron chi connectivity index (χ3n) is 9.20. The second kappa shape index (κ2) is 9.39. The lowest BCUT2D eigenvalue weighted by Gasteiger charge is -2.11. The van der Waals surface area contributed by atoms with Crippen LogP contribution in [0.3, 0.4) is 0 Å². The highest BCUT2D eigenvalue weighted by Gasteiger charge is 2.15. The summed E-state index contributed by atoms with van der Waals surface area (Å²) < 4.78 is 7.33. The van der Waals surface area contributed by atoms with Gasteiger partial charge in [0, 0.05) is 59.3 Å². The van der Waals surface area contributed by atoms with Crippen molar-refractivity contribution in [2.75, 3.05) is 0 Å². The van der Waals surface area contributed by atoms with Crippen LogP contribution in [0.25, 0.3) is 86.3 Å². The van der Waals surface area contributed by atoms with Crippen LogP contribution in [-0.4, -0.2) is 14.1 Å². The Bertz CT molecular complexity index is 2670. The Balaban J connectivity index is 1.15. The molecule has 0 aliphatic carbocycles. The van der Waals surface area contributed by atoms with Gasteiger partial charge in [0.05, 0.1) is 28.3 Å². The first-order chi connectivity index (χ1) is 22.3. The zero-order chi connectivity index (χ0) is 29.5. The van der Waals surface area contributed by atoms with E-state index in [1.807, 2.05) is 23.7 Å². The molecule has 4 heteroatoms. The second-order valence-electron chi connectivity index (χ2n) is 11.7. The molecule has 0 saturated carbocycles. The number of hydrogen-bond donors (Lipinski definition) is 0. The summed E-state index contributed by atoms with van der Waals surface area (Å²) in [5, 5.41) is 7.59. The van der Waals surface area contributed by atoms with Crippen LogP contribution in [0, 0.1) is 0 Å². The van der Waals surface area contributed by atoms with Crippen molar-refractivity contribution < 1.29 is 0 Å². The van der Waals surface area contributed by atoms with Gasteiger partial charge in [-0.15, -0.1) is 11.3 Å². The van der Waals surface area contributed by atoms with Crippen LogP contribution >= 0.6 is 11.3 Å². The number of fused-ring (bicyclic) bond motifs is 9. The topological polar surface area (TPSA) is 22.8 Å². The highest BCUT2D eigenvalue weighted by Crippen LogP contribution is 2.40. The Morgan fingerprint density at radius 2 is 0.956 bits per heavy atom. The van der Waals surface area contributed by atoms with E-state index in [2.05, 4.69) is 154 Å². The van der Waals surface area contributed by atoms with E-state index < -0.39 is 0 Å². The molecule has 0 unspecified atom stereocenters. The van der Waals surface area contributed by atoms with Gasteiger partial charge in [-0.3, -0.25) is 4.98 Å². The summed E-state index contributed by atoms with van der Waals surface area (Å²) >= 11 is 1.86. The molecular weight excluding hydrogens is 567 g/mol. The molecule has 4 aromatic heterocycles. The summed E-state index contributed by atoms with van der Waals surface area (Å²) in [6, 6.07) is 50.9. The second-order valence-corrected chi connectivity index (χ2v) is 12.7. The van der Waals surface area contributed by atoms with Crippen molar-refractivity contribution in [3.63, 3.8) is 0 Å². The number of nitrogens with zero attached hydrogens (tertiary/aromatic N) is 3. The van der Waals surface area contributed by atoms with Gasteiger partial charge in [0.1, 0.15) is 0 Å². The average molecular weight is 592 g/mol. The number of rotatable bonds is 3. The molecule has 0 aliphatic rings. The Hall–Kier alpha value is -5.71. The van der Waals surface area contributed by atoms with E-state index in [1.165, 1.54) is 75.1 Å². The molecule has 0 amide bonds. The van der Waals surface area contributed by atoms with Crippen molar-refractivity contribution in [3.05, 3.63) is 152 Å². The Morgan fingerprint density at radius 1 is 0.400 bits per heavy atom. The Morgan fingerprint density at radius 3 is 1.67 bits per heavy atom. The monoisotopic (exact) mass is 591 g/mol. The molecule has 0 spiro atoms. The molecule has 10 aromatic rings. The summed E-state index contributed by atoms with van der Waals surface area (Å²) in [5.41, 5.74) is 9.52. The first-order valence-corrected chi connectivity index (χ1v) is 16.0. The van der Waals surface area contributed by atoms with Crippen molar-refractivity contribution >= 4 is 75.1 Å². The zero-order valence-electron chi connectivity index (χ0n) is 24.2. The molecular formula is C41H25N3S. The number of para-hydroxylation sites is 3. The molecule has 3 nitrogen and oxygen atoms in total. The van der Waals surface area contributed by atoms with Crippen molar-refractivity contribution in [2.24, 2.45) is 0 Å². The molecule has 10 rings (SSSR count). The van der Waals surface area contributed by atoms with Gasteiger partial charge in [-0.05, 0) is 77.9 Å². The van der Waals surface area contributed by atoms with Crippen LogP contribution < -0.4 is 0 Å². The highest BCUT2D eigenvalue weighted by atomic mass is 32.1. The standard InChI is InChI=1S/C41H25N3S/c1-4-13-36-30(10-1)31-11-2-5-14-37(31)43(36)28-9-7-8-26(22-28)27-16-18-40-34(23-27)35-24-29(17-19-41(35)45-40)44-38-15-6-3-12-32(38)33-20-21-42-25-39(33)44/h1-25H. The predicted molar refractivity (Wildman–Crippen MR) is 191 cm³/mol. The Labute approximate surface area is 262 Å². The number of aromatic nitrogens is 3. The lowest BCUT2D eigenvalue weighted by atomic mass is 10.0. The predicted octanol–water partition coefficient (Wildman–Crippen LogP) is 11.3. The van der Waals surface area contributed by atoms with E-state index in [4.69, 9.17) is 0 Å². The third-order valence-corrected chi connectivity index (χ3v) is 10.4. The fraction of sp³-hybridized carbons (Fsp3) is 0. The smallest absolute Gasteiger partial charge is 0.0724 e. The van der Waals surface area contributed by atoms with Crippen LogP contribution in [0.5, 0.6) is 0 Å². The van der Waals surface area contributed by atoms with E-state index in [-0.39, 0.29) is 0 Å². The van der Waals surface area contributed by atoms with E-state index in [1.54, 1.807) is 0 Å². The molecule has 0 fully saturated rings. The fourth-order valence-electron chi connectivity index (χ4n) is 7.21. The van der Waals surface area contributed by atoms with Crippen molar-refractivity contribution in [1.29, 1.82) is 0 Å². The van der Waals surface area contributed by atoms with Gasteiger partial charge in [0.25, 0.3) is 0 Å². The van der Waals surface area contributed by atoms with E-state index in [0.717, 1.165) is 11.2 Å². The maximum atomic E-state index is 4.48. The minimum absolute atomic E-state index is 1.13. The molecule has 210 valence electrons. The van der Waals surface area contributed by atoms with Gasteiger partial charge < -0.3 is 9.13 Å². The molecule has 0 radical (unpaired) electrons. The molecule has 0 N–H and O–H groups in total. The SMILES string of the molecule is c1cc(-c2ccc3sc4ccc(-n5c6ccccc6c6ccncc65)cc4c3c2)cc(-n2c3ccccc3c3ccccc32)c1. The molecule has 4 heterocycles. The summed E-state index contributed by atoms with van der Waals surface area (Å²) in [7, 11) is 0. The van der Waals surface area contributed by atoms with Crippen molar-refractivity contribution in [2.45, 2.75) is 0 Å². The van der Waals surface area contributed by atoms with Gasteiger partial charge in [0.2, 0.25) is 0 Å². The number of pyridine rings is 1. The van der Waals surface area contributed by atoms with Crippen LogP contribution in [0.1, 0.15) is 0 Å².